The number of piperidine rings is 1. The van der Waals surface area contributed by atoms with Gasteiger partial charge in [-0.2, -0.15) is 13.2 Å². The molecule has 0 spiro atoms. The molecule has 5 fully saturated rings. The lowest BCUT2D eigenvalue weighted by Gasteiger charge is -2.55. The van der Waals surface area contributed by atoms with Gasteiger partial charge in [0.1, 0.15) is 5.82 Å². The van der Waals surface area contributed by atoms with E-state index in [-0.39, 0.29) is 29.7 Å². The number of alkyl halides is 3. The Balaban J connectivity index is 1.11. The molecule has 1 aromatic rings. The van der Waals surface area contributed by atoms with Crippen molar-refractivity contribution in [2.24, 2.45) is 29.1 Å². The smallest absolute Gasteiger partial charge is 0.417 e. The van der Waals surface area contributed by atoms with Crippen LogP contribution >= 0.6 is 0 Å². The van der Waals surface area contributed by atoms with Gasteiger partial charge in [-0.1, -0.05) is 0 Å². The van der Waals surface area contributed by atoms with Gasteiger partial charge in [0.15, 0.2) is 12.4 Å². The summed E-state index contributed by atoms with van der Waals surface area (Å²) in [5.41, 5.74) is -1.03. The quantitative estimate of drug-likeness (QED) is 0.612. The first-order valence-corrected chi connectivity index (χ1v) is 11.7. The maximum absolute atomic E-state index is 13.0. The molecule has 5 nitrogen and oxygen atoms in total. The predicted octanol–water partition coefficient (Wildman–Crippen LogP) is 4.65. The largest absolute Gasteiger partial charge is 0.457 e. The number of esters is 1. The van der Waals surface area contributed by atoms with Gasteiger partial charge in [0, 0.05) is 24.7 Å². The number of pyridine rings is 1. The van der Waals surface area contributed by atoms with Gasteiger partial charge in [-0.05, 0) is 81.3 Å². The summed E-state index contributed by atoms with van der Waals surface area (Å²) in [4.78, 5) is 31.5. The number of carbonyl (C=O) groups is 2. The maximum Gasteiger partial charge on any atom is 0.417 e. The highest BCUT2D eigenvalue weighted by atomic mass is 19.4. The van der Waals surface area contributed by atoms with Crippen molar-refractivity contribution in [3.8, 4) is 0 Å². The van der Waals surface area contributed by atoms with Gasteiger partial charge in [-0.3, -0.25) is 9.59 Å². The summed E-state index contributed by atoms with van der Waals surface area (Å²) in [5, 5.41) is 0. The van der Waals surface area contributed by atoms with Crippen LogP contribution in [0.15, 0.2) is 18.3 Å². The number of ketones is 1. The van der Waals surface area contributed by atoms with Gasteiger partial charge in [0.05, 0.1) is 11.5 Å². The van der Waals surface area contributed by atoms with Crippen LogP contribution in [0.1, 0.15) is 56.9 Å². The molecule has 0 N–H and O–H groups in total. The zero-order valence-corrected chi connectivity index (χ0v) is 18.1. The molecule has 8 heteroatoms. The molecule has 5 aliphatic rings. The number of aromatic nitrogens is 1. The highest BCUT2D eigenvalue weighted by molar-refractivity contribution is 5.88. The van der Waals surface area contributed by atoms with Crippen molar-refractivity contribution in [1.29, 1.82) is 0 Å². The Morgan fingerprint density at radius 3 is 2.12 bits per heavy atom. The molecule has 4 bridgehead atoms. The number of anilines is 1. The number of carbonyl (C=O) groups excluding carboxylic acids is 2. The molecule has 0 radical (unpaired) electrons. The van der Waals surface area contributed by atoms with Crippen LogP contribution in [0.25, 0.3) is 0 Å². The monoisotopic (exact) mass is 450 g/mol. The van der Waals surface area contributed by atoms with E-state index in [9.17, 15) is 22.8 Å². The SMILES string of the molecule is O=C(OCC(=O)C12CC3CC(CC(C3)C1)C2)C1CCN(c2ccc(C(F)(F)F)cn2)CC1. The van der Waals surface area contributed by atoms with E-state index in [0.717, 1.165) is 31.5 Å². The van der Waals surface area contributed by atoms with E-state index in [4.69, 9.17) is 4.74 Å². The van der Waals surface area contributed by atoms with Crippen molar-refractivity contribution in [3.05, 3.63) is 23.9 Å². The minimum absolute atomic E-state index is 0.108. The zero-order valence-electron chi connectivity index (χ0n) is 18.1. The van der Waals surface area contributed by atoms with Gasteiger partial charge in [-0.15, -0.1) is 0 Å². The van der Waals surface area contributed by atoms with Gasteiger partial charge in [0.2, 0.25) is 0 Å². The summed E-state index contributed by atoms with van der Waals surface area (Å²) >= 11 is 0. The van der Waals surface area contributed by atoms with Crippen LogP contribution in [-0.2, 0) is 20.5 Å². The second-order valence-corrected chi connectivity index (χ2v) is 10.4. The van der Waals surface area contributed by atoms with Crippen molar-refractivity contribution in [3.63, 3.8) is 0 Å². The standard InChI is InChI=1S/C24H29F3N2O3/c25-24(26,27)19-1-2-21(28-13-19)29-5-3-18(4-6-29)22(31)32-14-20(30)23-10-15-7-16(11-23)9-17(8-15)12-23/h1-2,13,15-18H,3-12,14H2. The molecule has 6 rings (SSSR count). The van der Waals surface area contributed by atoms with Crippen molar-refractivity contribution < 1.29 is 27.5 Å². The minimum Gasteiger partial charge on any atom is -0.457 e. The normalized spacial score (nSPS) is 32.2. The van der Waals surface area contributed by atoms with E-state index in [1.165, 1.54) is 25.3 Å². The second kappa shape index (κ2) is 8.03. The summed E-state index contributed by atoms with van der Waals surface area (Å²) in [7, 11) is 0. The topological polar surface area (TPSA) is 59.5 Å². The van der Waals surface area contributed by atoms with E-state index < -0.39 is 11.7 Å². The Morgan fingerprint density at radius 2 is 1.62 bits per heavy atom. The van der Waals surface area contributed by atoms with Gasteiger partial charge < -0.3 is 9.64 Å². The Kier molecular flexibility index (Phi) is 5.45. The average Bonchev–Trinajstić information content (AvgIpc) is 2.76. The maximum atomic E-state index is 13.0. The van der Waals surface area contributed by atoms with Gasteiger partial charge >= 0.3 is 12.1 Å². The minimum atomic E-state index is -4.41. The molecule has 174 valence electrons. The summed E-state index contributed by atoms with van der Waals surface area (Å²) < 4.78 is 43.6. The molecule has 32 heavy (non-hydrogen) atoms. The molecule has 4 aliphatic carbocycles. The van der Waals surface area contributed by atoms with Crippen LogP contribution in [0.3, 0.4) is 0 Å². The molecular weight excluding hydrogens is 421 g/mol. The van der Waals surface area contributed by atoms with Crippen molar-refractivity contribution in [1.82, 2.24) is 4.98 Å². The third kappa shape index (κ3) is 4.13. The fourth-order valence-electron chi connectivity index (χ4n) is 6.94. The lowest BCUT2D eigenvalue weighted by atomic mass is 9.48. The van der Waals surface area contributed by atoms with Crippen LogP contribution < -0.4 is 4.90 Å². The molecule has 0 aromatic carbocycles. The number of Topliss-reactive ketones (excluding diaryl/α,β-unsaturated/α-hetero) is 1. The first-order valence-electron chi connectivity index (χ1n) is 11.7. The average molecular weight is 451 g/mol. The van der Waals surface area contributed by atoms with E-state index >= 15 is 0 Å². The third-order valence-corrected chi connectivity index (χ3v) is 8.20. The Morgan fingerprint density at radius 1 is 1.03 bits per heavy atom. The number of hydrogen-bond acceptors (Lipinski definition) is 5. The second-order valence-electron chi connectivity index (χ2n) is 10.4. The third-order valence-electron chi connectivity index (χ3n) is 8.20. The fourth-order valence-corrected chi connectivity index (χ4v) is 6.94. The summed E-state index contributed by atoms with van der Waals surface area (Å²) in [6, 6.07) is 2.39. The molecule has 0 amide bonds. The number of rotatable bonds is 5. The molecule has 1 aliphatic heterocycles. The number of hydrogen-bond donors (Lipinski definition) is 0. The number of ether oxygens (including phenoxy) is 1. The van der Waals surface area contributed by atoms with E-state index in [1.807, 2.05) is 4.90 Å². The van der Waals surface area contributed by atoms with Crippen LogP contribution in [0.2, 0.25) is 0 Å². The first kappa shape index (κ1) is 21.7. The molecule has 2 heterocycles. The van der Waals surface area contributed by atoms with E-state index in [1.54, 1.807) is 0 Å². The molecular formula is C24H29F3N2O3. The summed E-state index contributed by atoms with van der Waals surface area (Å²) in [6.45, 7) is 0.910. The molecule has 0 atom stereocenters. The fraction of sp³-hybridized carbons (Fsp3) is 0.708. The number of nitrogens with zero attached hydrogens (tertiary/aromatic N) is 2. The first-order chi connectivity index (χ1) is 15.2. The van der Waals surface area contributed by atoms with Crippen LogP contribution in [0.5, 0.6) is 0 Å². The molecule has 1 aromatic heterocycles. The lowest BCUT2D eigenvalue weighted by Crippen LogP contribution is -2.51. The zero-order chi connectivity index (χ0) is 22.5. The van der Waals surface area contributed by atoms with Crippen molar-refractivity contribution >= 4 is 17.6 Å². The lowest BCUT2D eigenvalue weighted by molar-refractivity contribution is -0.160. The van der Waals surface area contributed by atoms with E-state index in [0.29, 0.717) is 49.5 Å². The Bertz CT molecular complexity index is 840. The van der Waals surface area contributed by atoms with Crippen molar-refractivity contribution in [2.75, 3.05) is 24.6 Å². The highest BCUT2D eigenvalue weighted by Crippen LogP contribution is 2.60. The Hall–Kier alpha value is -2.12. The van der Waals surface area contributed by atoms with Crippen LogP contribution in [-0.4, -0.2) is 36.4 Å². The van der Waals surface area contributed by atoms with Crippen molar-refractivity contribution in [2.45, 2.75) is 57.5 Å². The molecule has 0 unspecified atom stereocenters. The van der Waals surface area contributed by atoms with Crippen LogP contribution in [0, 0.1) is 29.1 Å². The molecule has 4 saturated carbocycles. The highest BCUT2D eigenvalue weighted by Gasteiger charge is 2.54. The molecule has 1 saturated heterocycles. The van der Waals surface area contributed by atoms with Gasteiger partial charge in [-0.25, -0.2) is 4.98 Å². The Labute approximate surface area is 185 Å². The summed E-state index contributed by atoms with van der Waals surface area (Å²) in [5.74, 6) is 1.98. The predicted molar refractivity (Wildman–Crippen MR) is 111 cm³/mol. The van der Waals surface area contributed by atoms with Crippen LogP contribution in [0.4, 0.5) is 19.0 Å². The van der Waals surface area contributed by atoms with E-state index in [2.05, 4.69) is 4.98 Å². The summed E-state index contributed by atoms with van der Waals surface area (Å²) in [6.07, 6.45) is 4.19. The van der Waals surface area contributed by atoms with Gasteiger partial charge in [0.25, 0.3) is 0 Å². The number of halogens is 3.